The van der Waals surface area contributed by atoms with Gasteiger partial charge in [0.15, 0.2) is 0 Å². The molecule has 3 rings (SSSR count). The largest absolute Gasteiger partial charge is 0.385 e. The van der Waals surface area contributed by atoms with Crippen molar-refractivity contribution in [1.29, 1.82) is 0 Å². The van der Waals surface area contributed by atoms with Gasteiger partial charge in [-0.15, -0.1) is 0 Å². The Balaban J connectivity index is 2.01. The highest BCUT2D eigenvalue weighted by Crippen LogP contribution is 2.28. The Hall–Kier alpha value is -2.19. The van der Waals surface area contributed by atoms with Gasteiger partial charge in [0.2, 0.25) is 0 Å². The molecule has 2 aromatic carbocycles. The first-order chi connectivity index (χ1) is 10.4. The molecule has 0 saturated heterocycles. The van der Waals surface area contributed by atoms with Gasteiger partial charge in [-0.25, -0.2) is 0 Å². The second kappa shape index (κ2) is 6.51. The molecule has 0 bridgehead atoms. The van der Waals surface area contributed by atoms with E-state index in [9.17, 15) is 0 Å². The third kappa shape index (κ3) is 3.11. The van der Waals surface area contributed by atoms with Crippen LogP contribution in [0.2, 0.25) is 0 Å². The first kappa shape index (κ1) is 13.8. The van der Waals surface area contributed by atoms with Crippen molar-refractivity contribution in [2.24, 2.45) is 0 Å². The van der Waals surface area contributed by atoms with E-state index in [0.717, 1.165) is 24.2 Å². The van der Waals surface area contributed by atoms with Crippen molar-refractivity contribution in [1.82, 2.24) is 4.98 Å². The molecule has 1 aromatic heterocycles. The van der Waals surface area contributed by atoms with E-state index in [1.165, 1.54) is 10.9 Å². The van der Waals surface area contributed by atoms with Crippen LogP contribution in [-0.2, 0) is 4.74 Å². The number of pyridine rings is 1. The zero-order chi connectivity index (χ0) is 14.5. The predicted molar refractivity (Wildman–Crippen MR) is 86.5 cm³/mol. The summed E-state index contributed by atoms with van der Waals surface area (Å²) in [5.74, 6) is 0.274. The van der Waals surface area contributed by atoms with Gasteiger partial charge in [0.1, 0.15) is 0 Å². The molecule has 0 spiro atoms. The number of rotatable bonds is 5. The summed E-state index contributed by atoms with van der Waals surface area (Å²) in [6, 6.07) is 23.1. The monoisotopic (exact) mass is 277 g/mol. The Bertz CT molecular complexity index is 709. The molecule has 3 aromatic rings. The van der Waals surface area contributed by atoms with Crippen LogP contribution in [0.1, 0.15) is 23.6 Å². The molecule has 0 aliphatic carbocycles. The van der Waals surface area contributed by atoms with Gasteiger partial charge in [-0.2, -0.15) is 0 Å². The van der Waals surface area contributed by atoms with E-state index in [-0.39, 0.29) is 5.92 Å². The summed E-state index contributed by atoms with van der Waals surface area (Å²) in [4.78, 5) is 4.85. The summed E-state index contributed by atoms with van der Waals surface area (Å²) in [6.45, 7) is 0.730. The highest BCUT2D eigenvalue weighted by molar-refractivity contribution is 5.78. The molecular formula is C19H19NO. The van der Waals surface area contributed by atoms with Gasteiger partial charge in [0.25, 0.3) is 0 Å². The van der Waals surface area contributed by atoms with Crippen molar-refractivity contribution < 1.29 is 4.74 Å². The van der Waals surface area contributed by atoms with E-state index in [2.05, 4.69) is 48.5 Å². The molecule has 0 aliphatic heterocycles. The van der Waals surface area contributed by atoms with Gasteiger partial charge in [0.05, 0.1) is 5.52 Å². The Morgan fingerprint density at radius 2 is 1.67 bits per heavy atom. The fourth-order valence-electron chi connectivity index (χ4n) is 2.68. The Morgan fingerprint density at radius 1 is 0.905 bits per heavy atom. The zero-order valence-electron chi connectivity index (χ0n) is 12.2. The maximum atomic E-state index is 5.28. The molecule has 1 atom stereocenters. The Labute approximate surface area is 125 Å². The third-order valence-electron chi connectivity index (χ3n) is 3.79. The number of ether oxygens (including phenoxy) is 1. The average Bonchev–Trinajstić information content (AvgIpc) is 2.56. The number of hydrogen-bond acceptors (Lipinski definition) is 2. The van der Waals surface area contributed by atoms with Crippen LogP contribution >= 0.6 is 0 Å². The quantitative estimate of drug-likeness (QED) is 0.689. The number of fused-ring (bicyclic) bond motifs is 1. The van der Waals surface area contributed by atoms with Crippen molar-refractivity contribution in [3.63, 3.8) is 0 Å². The fraction of sp³-hybridized carbons (Fsp3) is 0.211. The molecule has 1 heterocycles. The van der Waals surface area contributed by atoms with E-state index < -0.39 is 0 Å². The lowest BCUT2D eigenvalue weighted by molar-refractivity contribution is 0.190. The van der Waals surface area contributed by atoms with Crippen LogP contribution in [-0.4, -0.2) is 18.7 Å². The molecular weight excluding hydrogens is 258 g/mol. The molecule has 0 amide bonds. The summed E-state index contributed by atoms with van der Waals surface area (Å²) in [6.07, 6.45) is 0.936. The molecule has 0 aliphatic rings. The van der Waals surface area contributed by atoms with Gasteiger partial charge in [-0.05, 0) is 24.1 Å². The molecule has 0 N–H and O–H groups in total. The van der Waals surface area contributed by atoms with Gasteiger partial charge in [0, 0.05) is 30.7 Å². The van der Waals surface area contributed by atoms with Gasteiger partial charge in [-0.1, -0.05) is 54.6 Å². The Kier molecular flexibility index (Phi) is 4.27. The number of para-hydroxylation sites is 1. The minimum Gasteiger partial charge on any atom is -0.385 e. The smallest absolute Gasteiger partial charge is 0.0705 e. The van der Waals surface area contributed by atoms with Crippen LogP contribution in [0.25, 0.3) is 10.9 Å². The van der Waals surface area contributed by atoms with Crippen LogP contribution in [0.5, 0.6) is 0 Å². The highest BCUT2D eigenvalue weighted by Gasteiger charge is 2.15. The van der Waals surface area contributed by atoms with Crippen LogP contribution in [0.3, 0.4) is 0 Å². The number of hydrogen-bond donors (Lipinski definition) is 0. The molecule has 21 heavy (non-hydrogen) atoms. The summed E-state index contributed by atoms with van der Waals surface area (Å²) in [5.41, 5.74) is 3.45. The first-order valence-electron chi connectivity index (χ1n) is 7.28. The average molecular weight is 277 g/mol. The lowest BCUT2D eigenvalue weighted by Crippen LogP contribution is -2.07. The lowest BCUT2D eigenvalue weighted by atomic mass is 9.92. The summed E-state index contributed by atoms with van der Waals surface area (Å²) >= 11 is 0. The van der Waals surface area contributed by atoms with Crippen LogP contribution in [0.4, 0.5) is 0 Å². The van der Waals surface area contributed by atoms with E-state index in [0.29, 0.717) is 0 Å². The molecule has 2 nitrogen and oxygen atoms in total. The minimum absolute atomic E-state index is 0.274. The maximum Gasteiger partial charge on any atom is 0.0705 e. The summed E-state index contributed by atoms with van der Waals surface area (Å²) in [7, 11) is 1.75. The number of benzene rings is 2. The van der Waals surface area contributed by atoms with Crippen molar-refractivity contribution in [2.75, 3.05) is 13.7 Å². The van der Waals surface area contributed by atoms with Crippen LogP contribution in [0, 0.1) is 0 Å². The van der Waals surface area contributed by atoms with Crippen molar-refractivity contribution >= 4 is 10.9 Å². The topological polar surface area (TPSA) is 22.1 Å². The molecule has 0 radical (unpaired) electrons. The van der Waals surface area contributed by atoms with Gasteiger partial charge < -0.3 is 4.74 Å². The third-order valence-corrected chi connectivity index (χ3v) is 3.79. The van der Waals surface area contributed by atoms with Gasteiger partial charge >= 0.3 is 0 Å². The first-order valence-corrected chi connectivity index (χ1v) is 7.28. The van der Waals surface area contributed by atoms with E-state index >= 15 is 0 Å². The maximum absolute atomic E-state index is 5.28. The van der Waals surface area contributed by atoms with E-state index in [1.807, 2.05) is 18.2 Å². The number of aromatic nitrogens is 1. The standard InChI is InChI=1S/C19H19NO/c1-21-14-13-17(15-7-3-2-4-8-15)19-12-11-16-9-5-6-10-18(16)20-19/h2-12,17H,13-14H2,1H3/t17-/m0/s1. The van der Waals surface area contributed by atoms with Crippen LogP contribution in [0.15, 0.2) is 66.7 Å². The molecule has 0 saturated carbocycles. The summed E-state index contributed by atoms with van der Waals surface area (Å²) < 4.78 is 5.28. The molecule has 0 unspecified atom stereocenters. The summed E-state index contributed by atoms with van der Waals surface area (Å²) in [5, 5.41) is 1.18. The molecule has 2 heteroatoms. The van der Waals surface area contributed by atoms with E-state index in [1.54, 1.807) is 7.11 Å². The van der Waals surface area contributed by atoms with Gasteiger partial charge in [-0.3, -0.25) is 4.98 Å². The zero-order valence-corrected chi connectivity index (χ0v) is 12.2. The normalized spacial score (nSPS) is 12.4. The highest BCUT2D eigenvalue weighted by atomic mass is 16.5. The van der Waals surface area contributed by atoms with Crippen molar-refractivity contribution in [2.45, 2.75) is 12.3 Å². The van der Waals surface area contributed by atoms with E-state index in [4.69, 9.17) is 9.72 Å². The lowest BCUT2D eigenvalue weighted by Gasteiger charge is -2.17. The second-order valence-corrected chi connectivity index (χ2v) is 5.17. The minimum atomic E-state index is 0.274. The number of nitrogens with zero attached hydrogens (tertiary/aromatic N) is 1. The Morgan fingerprint density at radius 3 is 2.48 bits per heavy atom. The molecule has 0 fully saturated rings. The SMILES string of the molecule is COCC[C@@H](c1ccccc1)c1ccc2ccccc2n1. The number of methoxy groups -OCH3 is 1. The van der Waals surface area contributed by atoms with Crippen LogP contribution < -0.4 is 0 Å². The second-order valence-electron chi connectivity index (χ2n) is 5.17. The molecule has 106 valence electrons. The fourth-order valence-corrected chi connectivity index (χ4v) is 2.68. The van der Waals surface area contributed by atoms with Crippen molar-refractivity contribution in [3.05, 3.63) is 78.0 Å². The predicted octanol–water partition coefficient (Wildman–Crippen LogP) is 4.40. The van der Waals surface area contributed by atoms with Crippen molar-refractivity contribution in [3.8, 4) is 0 Å².